The van der Waals surface area contributed by atoms with Crippen molar-refractivity contribution >= 4 is 15.8 Å². The third-order valence-corrected chi connectivity index (χ3v) is 6.44. The van der Waals surface area contributed by atoms with Crippen LogP contribution in [-0.4, -0.2) is 79.6 Å². The molecule has 2 aliphatic heterocycles. The number of carboxylic acids is 1. The van der Waals surface area contributed by atoms with E-state index in [-0.39, 0.29) is 5.75 Å². The standard InChI is InChI=1S/C12H22N2O4S/c1-13-5-7-14(8-6-13)11(12(15)16)10-4-2-3-9-19(10,17)18/h10-11H,2-9H2,1H3,(H,15,16). The zero-order valence-electron chi connectivity index (χ0n) is 11.3. The fourth-order valence-electron chi connectivity index (χ4n) is 2.98. The van der Waals surface area contributed by atoms with E-state index in [0.29, 0.717) is 25.9 Å². The number of aliphatic carboxylic acids is 1. The molecule has 0 aromatic rings. The van der Waals surface area contributed by atoms with Crippen molar-refractivity contribution < 1.29 is 18.3 Å². The third-order valence-electron chi connectivity index (χ3n) is 4.17. The summed E-state index contributed by atoms with van der Waals surface area (Å²) in [7, 11) is -1.28. The molecule has 0 spiro atoms. The van der Waals surface area contributed by atoms with E-state index in [0.717, 1.165) is 19.5 Å². The summed E-state index contributed by atoms with van der Waals surface area (Å²) in [6, 6.07) is -0.876. The molecule has 110 valence electrons. The van der Waals surface area contributed by atoms with E-state index in [9.17, 15) is 18.3 Å². The molecule has 19 heavy (non-hydrogen) atoms. The lowest BCUT2D eigenvalue weighted by Gasteiger charge is -2.39. The maximum absolute atomic E-state index is 12.1. The fraction of sp³-hybridized carbons (Fsp3) is 0.917. The van der Waals surface area contributed by atoms with E-state index in [1.807, 2.05) is 11.9 Å². The number of hydrogen-bond donors (Lipinski definition) is 1. The van der Waals surface area contributed by atoms with Crippen molar-refractivity contribution in [2.45, 2.75) is 30.6 Å². The average Bonchev–Trinajstić information content (AvgIpc) is 2.33. The second-order valence-corrected chi connectivity index (χ2v) is 7.86. The second-order valence-electron chi connectivity index (χ2n) is 5.52. The first kappa shape index (κ1) is 14.7. The van der Waals surface area contributed by atoms with Gasteiger partial charge in [0.25, 0.3) is 0 Å². The second kappa shape index (κ2) is 5.76. The van der Waals surface area contributed by atoms with Crippen LogP contribution in [0, 0.1) is 0 Å². The van der Waals surface area contributed by atoms with Crippen molar-refractivity contribution in [1.29, 1.82) is 0 Å². The summed E-state index contributed by atoms with van der Waals surface area (Å²) in [5, 5.41) is 8.72. The molecular formula is C12H22N2O4S. The molecule has 2 rings (SSSR count). The van der Waals surface area contributed by atoms with Crippen molar-refractivity contribution in [3.05, 3.63) is 0 Å². The maximum Gasteiger partial charge on any atom is 0.322 e. The monoisotopic (exact) mass is 290 g/mol. The first-order chi connectivity index (χ1) is 8.92. The van der Waals surface area contributed by atoms with Crippen molar-refractivity contribution in [2.24, 2.45) is 0 Å². The molecule has 1 N–H and O–H groups in total. The van der Waals surface area contributed by atoms with Gasteiger partial charge in [0.2, 0.25) is 0 Å². The molecule has 0 amide bonds. The van der Waals surface area contributed by atoms with Crippen LogP contribution in [-0.2, 0) is 14.6 Å². The zero-order chi connectivity index (χ0) is 14.0. The minimum Gasteiger partial charge on any atom is -0.480 e. The summed E-state index contributed by atoms with van der Waals surface area (Å²) in [5.74, 6) is -0.866. The number of piperazine rings is 1. The Balaban J connectivity index is 2.18. The minimum atomic E-state index is -3.27. The Morgan fingerprint density at radius 3 is 2.37 bits per heavy atom. The van der Waals surface area contributed by atoms with E-state index in [1.165, 1.54) is 0 Å². The molecule has 6 nitrogen and oxygen atoms in total. The van der Waals surface area contributed by atoms with Gasteiger partial charge in [-0.15, -0.1) is 0 Å². The van der Waals surface area contributed by atoms with Gasteiger partial charge < -0.3 is 10.0 Å². The number of nitrogens with zero attached hydrogens (tertiary/aromatic N) is 2. The number of sulfone groups is 1. The van der Waals surface area contributed by atoms with Gasteiger partial charge in [-0.2, -0.15) is 0 Å². The highest BCUT2D eigenvalue weighted by atomic mass is 32.2. The molecule has 2 saturated heterocycles. The Morgan fingerprint density at radius 1 is 1.21 bits per heavy atom. The molecule has 2 unspecified atom stereocenters. The van der Waals surface area contributed by atoms with E-state index >= 15 is 0 Å². The molecule has 0 aliphatic carbocycles. The average molecular weight is 290 g/mol. The van der Waals surface area contributed by atoms with Crippen LogP contribution >= 0.6 is 0 Å². The molecule has 2 aliphatic rings. The van der Waals surface area contributed by atoms with Crippen molar-refractivity contribution in [3.8, 4) is 0 Å². The third kappa shape index (κ3) is 3.27. The molecule has 0 bridgehead atoms. The lowest BCUT2D eigenvalue weighted by molar-refractivity contribution is -0.144. The van der Waals surface area contributed by atoms with Crippen LogP contribution in [0.4, 0.5) is 0 Å². The summed E-state index contributed by atoms with van der Waals surface area (Å²) >= 11 is 0. The first-order valence-corrected chi connectivity index (χ1v) is 8.50. The zero-order valence-corrected chi connectivity index (χ0v) is 12.1. The molecular weight excluding hydrogens is 268 g/mol. The summed E-state index contributed by atoms with van der Waals surface area (Å²) in [6.45, 7) is 2.83. The summed E-state index contributed by atoms with van der Waals surface area (Å²) in [4.78, 5) is 15.5. The Bertz CT molecular complexity index is 429. The molecule has 0 aromatic heterocycles. The number of likely N-dealkylation sites (N-methyl/N-ethyl adjacent to an activating group) is 1. The smallest absolute Gasteiger partial charge is 0.322 e. The van der Waals surface area contributed by atoms with Gasteiger partial charge in [-0.25, -0.2) is 8.42 Å². The van der Waals surface area contributed by atoms with E-state index in [2.05, 4.69) is 4.90 Å². The predicted molar refractivity (Wildman–Crippen MR) is 71.9 cm³/mol. The highest BCUT2D eigenvalue weighted by Gasteiger charge is 2.43. The van der Waals surface area contributed by atoms with Crippen LogP contribution in [0.15, 0.2) is 0 Å². The van der Waals surface area contributed by atoms with Gasteiger partial charge >= 0.3 is 5.97 Å². The van der Waals surface area contributed by atoms with E-state index in [4.69, 9.17) is 0 Å². The number of hydrogen-bond acceptors (Lipinski definition) is 5. The van der Waals surface area contributed by atoms with Gasteiger partial charge in [-0.05, 0) is 19.9 Å². The summed E-state index contributed by atoms with van der Waals surface area (Å²) in [5.41, 5.74) is 0. The number of rotatable bonds is 3. The van der Waals surface area contributed by atoms with Crippen LogP contribution in [0.3, 0.4) is 0 Å². The highest BCUT2D eigenvalue weighted by Crippen LogP contribution is 2.26. The lowest BCUT2D eigenvalue weighted by Crippen LogP contribution is -2.58. The lowest BCUT2D eigenvalue weighted by atomic mass is 10.0. The van der Waals surface area contributed by atoms with Gasteiger partial charge in [-0.3, -0.25) is 9.69 Å². The Hall–Kier alpha value is -0.660. The Morgan fingerprint density at radius 2 is 1.84 bits per heavy atom. The molecule has 7 heteroatoms. The van der Waals surface area contributed by atoms with Gasteiger partial charge in [0, 0.05) is 26.2 Å². The van der Waals surface area contributed by atoms with E-state index in [1.54, 1.807) is 0 Å². The summed E-state index contributed by atoms with van der Waals surface area (Å²) in [6.07, 6.45) is 1.95. The topological polar surface area (TPSA) is 77.9 Å². The molecule has 0 saturated carbocycles. The van der Waals surface area contributed by atoms with Gasteiger partial charge in [-0.1, -0.05) is 6.42 Å². The molecule has 2 fully saturated rings. The van der Waals surface area contributed by atoms with Crippen molar-refractivity contribution in [3.63, 3.8) is 0 Å². The predicted octanol–water partition coefficient (Wildman–Crippen LogP) is -0.346. The largest absolute Gasteiger partial charge is 0.480 e. The first-order valence-electron chi connectivity index (χ1n) is 6.79. The van der Waals surface area contributed by atoms with Crippen LogP contribution < -0.4 is 0 Å². The van der Waals surface area contributed by atoms with Gasteiger partial charge in [0.1, 0.15) is 6.04 Å². The summed E-state index contributed by atoms with van der Waals surface area (Å²) < 4.78 is 24.3. The molecule has 2 heterocycles. The van der Waals surface area contributed by atoms with Gasteiger partial charge in [0.15, 0.2) is 9.84 Å². The molecule has 0 aromatic carbocycles. The fourth-order valence-corrected chi connectivity index (χ4v) is 5.10. The Labute approximate surface area is 114 Å². The Kier molecular flexibility index (Phi) is 4.47. The van der Waals surface area contributed by atoms with Gasteiger partial charge in [0.05, 0.1) is 11.0 Å². The highest BCUT2D eigenvalue weighted by molar-refractivity contribution is 7.92. The minimum absolute atomic E-state index is 0.134. The molecule has 2 atom stereocenters. The maximum atomic E-state index is 12.1. The van der Waals surface area contributed by atoms with Crippen molar-refractivity contribution in [2.75, 3.05) is 39.0 Å². The number of carbonyl (C=O) groups is 1. The SMILES string of the molecule is CN1CCN(C(C(=O)O)C2CCCCS2(=O)=O)CC1. The van der Waals surface area contributed by atoms with E-state index < -0.39 is 27.1 Å². The van der Waals surface area contributed by atoms with Crippen LogP contribution in [0.2, 0.25) is 0 Å². The van der Waals surface area contributed by atoms with Crippen LogP contribution in [0.25, 0.3) is 0 Å². The van der Waals surface area contributed by atoms with Crippen LogP contribution in [0.1, 0.15) is 19.3 Å². The quantitative estimate of drug-likeness (QED) is 0.766. The van der Waals surface area contributed by atoms with Crippen LogP contribution in [0.5, 0.6) is 0 Å². The number of carboxylic acid groups (broad SMARTS) is 1. The molecule has 0 radical (unpaired) electrons. The van der Waals surface area contributed by atoms with Crippen molar-refractivity contribution in [1.82, 2.24) is 9.80 Å². The normalized spacial score (nSPS) is 30.9.